The molecule has 1 heterocycles. The van der Waals surface area contributed by atoms with Crippen LogP contribution in [0.4, 0.5) is 0 Å². The average molecular weight is 676 g/mol. The summed E-state index contributed by atoms with van der Waals surface area (Å²) in [4.78, 5) is 70.5. The van der Waals surface area contributed by atoms with Crippen LogP contribution in [-0.2, 0) is 29.4 Å². The largest absolute Gasteiger partial charge is 0.502 e. The molecule has 3 aromatic rings. The molecule has 50 heavy (non-hydrogen) atoms. The second-order valence-corrected chi connectivity index (χ2v) is 13.4. The molecule has 3 aliphatic carbocycles. The number of hydrogen-bond acceptors (Lipinski definition) is 8. The first kappa shape index (κ1) is 33.0. The zero-order valence-electron chi connectivity index (χ0n) is 27.7. The molecule has 3 aromatic carbocycles. The van der Waals surface area contributed by atoms with Crippen LogP contribution in [0.25, 0.3) is 5.57 Å². The predicted molar refractivity (Wildman–Crippen MR) is 181 cm³/mol. The Morgan fingerprint density at radius 1 is 0.900 bits per heavy atom. The summed E-state index contributed by atoms with van der Waals surface area (Å²) < 4.78 is 11.1. The standard InChI is InChI=1S/C40H37NO9/c1-49-30-18-23(19-31(50-2)37(30)46)35-25-15-16-26-34(39(48)41(38(26)47)17-9-14-33(43)44)28(25)20-29-36(45)27(22-10-5-3-6-11-22)21-32(42)40(29,35)24-12-7-4-8-13-24/h3-8,10-13,15,18-19,21,26,28-29,34-35,46H,9,14,16-17,20H2,1-2H3,(H,43,44)/t26-,28+,29-,34-,35-,40-/m0/s1. The number of imide groups is 1. The first-order chi connectivity index (χ1) is 24.1. The van der Waals surface area contributed by atoms with Crippen LogP contribution < -0.4 is 9.47 Å². The number of phenolic OH excluding ortho intramolecular Hbond substituents is 1. The first-order valence-electron chi connectivity index (χ1n) is 16.8. The highest BCUT2D eigenvalue weighted by Gasteiger charge is 2.66. The molecule has 7 rings (SSSR count). The van der Waals surface area contributed by atoms with Crippen molar-refractivity contribution >= 4 is 34.9 Å². The minimum absolute atomic E-state index is 0.00943. The zero-order valence-corrected chi connectivity index (χ0v) is 27.7. The number of amides is 2. The van der Waals surface area contributed by atoms with Gasteiger partial charge in [-0.3, -0.25) is 28.9 Å². The lowest BCUT2D eigenvalue weighted by atomic mass is 9.44. The molecule has 0 bridgehead atoms. The maximum Gasteiger partial charge on any atom is 0.303 e. The normalized spacial score (nSPS) is 27.2. The topological polar surface area (TPSA) is 148 Å². The lowest BCUT2D eigenvalue weighted by Crippen LogP contribution is -2.58. The fourth-order valence-electron chi connectivity index (χ4n) is 9.00. The lowest BCUT2D eigenvalue weighted by molar-refractivity contribution is -0.142. The number of carbonyl (C=O) groups excluding carboxylic acids is 4. The predicted octanol–water partition coefficient (Wildman–Crippen LogP) is 5.10. The van der Waals surface area contributed by atoms with Crippen molar-refractivity contribution in [2.75, 3.05) is 20.8 Å². The molecule has 10 heteroatoms. The molecule has 1 saturated heterocycles. The van der Waals surface area contributed by atoms with Crippen molar-refractivity contribution in [2.24, 2.45) is 23.7 Å². The Hall–Kier alpha value is -5.51. The van der Waals surface area contributed by atoms with Crippen molar-refractivity contribution in [3.05, 3.63) is 107 Å². The minimum atomic E-state index is -1.45. The van der Waals surface area contributed by atoms with E-state index in [2.05, 4.69) is 0 Å². The molecular formula is C40H37NO9. The fraction of sp³-hybridized carbons (Fsp3) is 0.325. The number of carboxylic acid groups (broad SMARTS) is 1. The van der Waals surface area contributed by atoms with Gasteiger partial charge in [0, 0.05) is 30.4 Å². The monoisotopic (exact) mass is 675 g/mol. The van der Waals surface area contributed by atoms with E-state index in [-0.39, 0.29) is 78.4 Å². The summed E-state index contributed by atoms with van der Waals surface area (Å²) >= 11 is 0. The first-order valence-corrected chi connectivity index (χ1v) is 16.8. The number of rotatable bonds is 9. The number of carbonyl (C=O) groups is 5. The summed E-state index contributed by atoms with van der Waals surface area (Å²) in [6.07, 6.45) is 3.72. The third-order valence-electron chi connectivity index (χ3n) is 11.1. The van der Waals surface area contributed by atoms with Crippen LogP contribution in [0.3, 0.4) is 0 Å². The molecule has 0 aromatic heterocycles. The summed E-state index contributed by atoms with van der Waals surface area (Å²) in [6.45, 7) is -0.00943. The summed E-state index contributed by atoms with van der Waals surface area (Å²) in [5, 5.41) is 20.1. The lowest BCUT2D eigenvalue weighted by Gasteiger charge is -2.55. The number of methoxy groups -OCH3 is 2. The molecule has 0 spiro atoms. The molecule has 10 nitrogen and oxygen atoms in total. The third kappa shape index (κ3) is 4.96. The number of fused-ring (bicyclic) bond motifs is 4. The Kier molecular flexibility index (Phi) is 8.41. The van der Waals surface area contributed by atoms with Gasteiger partial charge < -0.3 is 19.7 Å². The fourth-order valence-corrected chi connectivity index (χ4v) is 9.00. The molecule has 0 radical (unpaired) electrons. The van der Waals surface area contributed by atoms with Crippen LogP contribution in [0.1, 0.15) is 48.3 Å². The Bertz CT molecular complexity index is 1940. The van der Waals surface area contributed by atoms with Gasteiger partial charge in [-0.15, -0.1) is 0 Å². The second kappa shape index (κ2) is 12.7. The van der Waals surface area contributed by atoms with E-state index in [9.17, 15) is 29.4 Å². The van der Waals surface area contributed by atoms with Crippen LogP contribution >= 0.6 is 0 Å². The van der Waals surface area contributed by atoms with Gasteiger partial charge in [0.1, 0.15) is 0 Å². The van der Waals surface area contributed by atoms with Gasteiger partial charge in [-0.2, -0.15) is 0 Å². The molecule has 0 unspecified atom stereocenters. The summed E-state index contributed by atoms with van der Waals surface area (Å²) in [6, 6.07) is 21.5. The van der Waals surface area contributed by atoms with E-state index in [0.717, 1.165) is 5.57 Å². The van der Waals surface area contributed by atoms with Gasteiger partial charge in [0.05, 0.1) is 31.5 Å². The van der Waals surface area contributed by atoms with Gasteiger partial charge in [-0.05, 0) is 60.1 Å². The smallest absolute Gasteiger partial charge is 0.303 e. The number of nitrogens with zero attached hydrogens (tertiary/aromatic N) is 1. The molecule has 1 aliphatic heterocycles. The Labute approximate surface area is 289 Å². The van der Waals surface area contributed by atoms with E-state index >= 15 is 4.79 Å². The Balaban J connectivity index is 1.47. The number of ether oxygens (including phenoxy) is 2. The van der Waals surface area contributed by atoms with Gasteiger partial charge >= 0.3 is 5.97 Å². The van der Waals surface area contributed by atoms with Crippen molar-refractivity contribution in [3.8, 4) is 17.2 Å². The van der Waals surface area contributed by atoms with Crippen molar-refractivity contribution in [2.45, 2.75) is 37.0 Å². The number of aliphatic carboxylic acids is 1. The van der Waals surface area contributed by atoms with E-state index in [1.807, 2.05) is 42.5 Å². The van der Waals surface area contributed by atoms with Gasteiger partial charge in [0.2, 0.25) is 17.6 Å². The highest BCUT2D eigenvalue weighted by atomic mass is 16.5. The highest BCUT2D eigenvalue weighted by Crippen LogP contribution is 2.64. The van der Waals surface area contributed by atoms with Crippen LogP contribution in [0.15, 0.2) is 90.5 Å². The van der Waals surface area contributed by atoms with E-state index in [0.29, 0.717) is 16.7 Å². The molecular weight excluding hydrogens is 638 g/mol. The summed E-state index contributed by atoms with van der Waals surface area (Å²) in [7, 11) is 2.82. The number of allylic oxidation sites excluding steroid dienone is 4. The SMILES string of the molecule is COc1cc([C@H]2C3=CC[C@@H]4C(=O)N(CCCC(=O)O)C(=O)[C@@H]4[C@@H]3C[C@H]3C(=O)C(c4ccccc4)=CC(=O)[C@@]23c2ccccc2)cc(OC)c1O. The summed E-state index contributed by atoms with van der Waals surface area (Å²) in [5.74, 6) is -6.05. The number of phenols is 1. The molecule has 1 saturated carbocycles. The molecule has 2 N–H and O–H groups in total. The third-order valence-corrected chi connectivity index (χ3v) is 11.1. The van der Waals surface area contributed by atoms with Crippen molar-refractivity contribution in [1.82, 2.24) is 4.90 Å². The number of likely N-dealkylation sites (tertiary alicyclic amines) is 1. The van der Waals surface area contributed by atoms with Crippen LogP contribution in [0.2, 0.25) is 0 Å². The maximum absolute atomic E-state index is 15.1. The minimum Gasteiger partial charge on any atom is -0.502 e. The highest BCUT2D eigenvalue weighted by molar-refractivity contribution is 6.31. The average Bonchev–Trinajstić information content (AvgIpc) is 3.37. The number of ketones is 2. The van der Waals surface area contributed by atoms with Gasteiger partial charge in [0.25, 0.3) is 0 Å². The Morgan fingerprint density at radius 3 is 2.16 bits per heavy atom. The second-order valence-electron chi connectivity index (χ2n) is 13.4. The van der Waals surface area contributed by atoms with Crippen LogP contribution in [-0.4, -0.2) is 65.2 Å². The zero-order chi connectivity index (χ0) is 35.3. The number of carboxylic acids is 1. The number of Topliss-reactive ketones (excluding diaryl/α,β-unsaturated/α-hetero) is 1. The van der Waals surface area contributed by atoms with E-state index < -0.39 is 41.0 Å². The maximum atomic E-state index is 15.1. The van der Waals surface area contributed by atoms with Gasteiger partial charge in [0.15, 0.2) is 23.1 Å². The van der Waals surface area contributed by atoms with E-state index in [1.165, 1.54) is 25.2 Å². The number of hydrogen-bond donors (Lipinski definition) is 2. The quantitative estimate of drug-likeness (QED) is 0.234. The summed E-state index contributed by atoms with van der Waals surface area (Å²) in [5.41, 5.74) is 1.38. The van der Waals surface area contributed by atoms with Gasteiger partial charge in [-0.1, -0.05) is 72.3 Å². The number of aromatic hydroxyl groups is 1. The molecule has 2 amide bonds. The number of benzene rings is 3. The molecule has 4 aliphatic rings. The van der Waals surface area contributed by atoms with Crippen LogP contribution in [0, 0.1) is 23.7 Å². The van der Waals surface area contributed by atoms with Crippen molar-refractivity contribution < 1.29 is 43.7 Å². The Morgan fingerprint density at radius 2 is 1.54 bits per heavy atom. The van der Waals surface area contributed by atoms with Crippen LogP contribution in [0.5, 0.6) is 17.2 Å². The molecule has 6 atom stereocenters. The van der Waals surface area contributed by atoms with Crippen molar-refractivity contribution in [1.29, 1.82) is 0 Å². The van der Waals surface area contributed by atoms with Gasteiger partial charge in [-0.25, -0.2) is 0 Å². The van der Waals surface area contributed by atoms with E-state index in [1.54, 1.807) is 36.4 Å². The van der Waals surface area contributed by atoms with E-state index in [4.69, 9.17) is 9.47 Å². The molecule has 2 fully saturated rings. The molecule has 256 valence electrons. The van der Waals surface area contributed by atoms with Crippen molar-refractivity contribution in [3.63, 3.8) is 0 Å².